The summed E-state index contributed by atoms with van der Waals surface area (Å²) in [4.78, 5) is 10.6. The van der Waals surface area contributed by atoms with E-state index in [9.17, 15) is 0 Å². The smallest absolute Gasteiger partial charge is 0.146 e. The molecule has 0 atom stereocenters. The van der Waals surface area contributed by atoms with Gasteiger partial charge >= 0.3 is 0 Å². The van der Waals surface area contributed by atoms with E-state index in [-0.39, 0.29) is 0 Å². The van der Waals surface area contributed by atoms with Crippen LogP contribution in [0.2, 0.25) is 0 Å². The zero-order valence-corrected chi connectivity index (χ0v) is 15.6. The maximum absolute atomic E-state index is 4.58. The van der Waals surface area contributed by atoms with E-state index in [4.69, 9.17) is 0 Å². The van der Waals surface area contributed by atoms with Gasteiger partial charge < -0.3 is 14.8 Å². The molecule has 2 N–H and O–H groups in total. The summed E-state index contributed by atoms with van der Waals surface area (Å²) in [7, 11) is 4.36. The Hall–Kier alpha value is -2.40. The quantitative estimate of drug-likeness (QED) is 0.648. The monoisotopic (exact) mass is 338 g/mol. The number of nitrogens with zero attached hydrogens (tertiary/aromatic N) is 3. The van der Waals surface area contributed by atoms with Gasteiger partial charge in [0.15, 0.2) is 0 Å². The highest BCUT2D eigenvalue weighted by Gasteiger charge is 2.16. The fourth-order valence-corrected chi connectivity index (χ4v) is 3.21. The summed E-state index contributed by atoms with van der Waals surface area (Å²) in [6.07, 6.45) is 2.79. The van der Waals surface area contributed by atoms with Gasteiger partial charge in [0.25, 0.3) is 0 Å². The van der Waals surface area contributed by atoms with Crippen LogP contribution in [-0.4, -0.2) is 41.7 Å². The summed E-state index contributed by atoms with van der Waals surface area (Å²) in [6, 6.07) is 10.5. The molecule has 0 aliphatic rings. The number of hydrogen-bond donors (Lipinski definition) is 2. The van der Waals surface area contributed by atoms with Crippen LogP contribution in [0.25, 0.3) is 11.0 Å². The molecule has 0 aliphatic heterocycles. The van der Waals surface area contributed by atoms with Gasteiger partial charge in [-0.2, -0.15) is 0 Å². The molecule has 0 saturated carbocycles. The van der Waals surface area contributed by atoms with Gasteiger partial charge in [-0.1, -0.05) is 30.3 Å². The third-order valence-electron chi connectivity index (χ3n) is 4.74. The van der Waals surface area contributed by atoms with Crippen LogP contribution in [0.4, 0.5) is 5.82 Å². The maximum Gasteiger partial charge on any atom is 0.146 e. The number of benzene rings is 1. The summed E-state index contributed by atoms with van der Waals surface area (Å²) in [5.41, 5.74) is 4.80. The number of quaternary nitrogens is 1. The van der Waals surface area contributed by atoms with Crippen molar-refractivity contribution < 1.29 is 4.90 Å². The van der Waals surface area contributed by atoms with E-state index in [1.807, 2.05) is 0 Å². The minimum absolute atomic E-state index is 0.831. The van der Waals surface area contributed by atoms with E-state index >= 15 is 0 Å². The van der Waals surface area contributed by atoms with E-state index in [0.29, 0.717) is 0 Å². The highest BCUT2D eigenvalue weighted by atomic mass is 15.1. The largest absolute Gasteiger partial charge is 0.369 e. The summed E-state index contributed by atoms with van der Waals surface area (Å²) < 4.78 is 2.29. The van der Waals surface area contributed by atoms with Crippen LogP contribution in [0, 0.1) is 13.8 Å². The molecular weight excluding hydrogens is 310 g/mol. The minimum atomic E-state index is 0.831. The predicted octanol–water partition coefficient (Wildman–Crippen LogP) is 2.04. The molecule has 5 heteroatoms. The highest BCUT2D eigenvalue weighted by molar-refractivity contribution is 5.91. The van der Waals surface area contributed by atoms with Gasteiger partial charge in [0, 0.05) is 25.2 Å². The Bertz CT molecular complexity index is 836. The number of aryl methyl sites for hydroxylation is 1. The van der Waals surface area contributed by atoms with Crippen LogP contribution in [0.1, 0.15) is 23.2 Å². The second-order valence-electron chi connectivity index (χ2n) is 6.94. The lowest BCUT2D eigenvalue weighted by molar-refractivity contribution is -0.858. The van der Waals surface area contributed by atoms with Crippen LogP contribution < -0.4 is 10.2 Å². The molecule has 0 bridgehead atoms. The molecule has 2 heterocycles. The number of anilines is 1. The van der Waals surface area contributed by atoms with Gasteiger partial charge in [-0.15, -0.1) is 0 Å². The third kappa shape index (κ3) is 3.82. The van der Waals surface area contributed by atoms with Crippen LogP contribution in [0.3, 0.4) is 0 Å². The first-order valence-corrected chi connectivity index (χ1v) is 8.95. The van der Waals surface area contributed by atoms with Crippen LogP contribution in [0.5, 0.6) is 0 Å². The van der Waals surface area contributed by atoms with E-state index in [1.54, 1.807) is 6.33 Å². The van der Waals surface area contributed by atoms with Gasteiger partial charge in [0.2, 0.25) is 0 Å². The first-order chi connectivity index (χ1) is 12.1. The first kappa shape index (κ1) is 17.4. The Morgan fingerprint density at radius 3 is 2.56 bits per heavy atom. The van der Waals surface area contributed by atoms with Crippen molar-refractivity contribution in [1.29, 1.82) is 0 Å². The number of fused-ring (bicyclic) bond motifs is 1. The molecule has 25 heavy (non-hydrogen) atoms. The molecule has 0 fully saturated rings. The Kier molecular flexibility index (Phi) is 5.34. The van der Waals surface area contributed by atoms with Crippen molar-refractivity contribution in [3.05, 3.63) is 53.5 Å². The Balaban J connectivity index is 1.90. The summed E-state index contributed by atoms with van der Waals surface area (Å²) in [5.74, 6) is 0.950. The van der Waals surface area contributed by atoms with Crippen molar-refractivity contribution in [2.45, 2.75) is 26.8 Å². The lowest BCUT2D eigenvalue weighted by Gasteiger charge is -2.10. The van der Waals surface area contributed by atoms with Gasteiger partial charge in [-0.25, -0.2) is 9.97 Å². The average Bonchev–Trinajstić information content (AvgIpc) is 2.85. The number of nitrogens with one attached hydrogen (secondary N) is 2. The van der Waals surface area contributed by atoms with Crippen LogP contribution >= 0.6 is 0 Å². The van der Waals surface area contributed by atoms with Gasteiger partial charge in [-0.3, -0.25) is 0 Å². The fourth-order valence-electron chi connectivity index (χ4n) is 3.21. The highest BCUT2D eigenvalue weighted by Crippen LogP contribution is 2.29. The Morgan fingerprint density at radius 1 is 1.08 bits per heavy atom. The second kappa shape index (κ2) is 7.66. The lowest BCUT2D eigenvalue weighted by atomic mass is 10.2. The van der Waals surface area contributed by atoms with E-state index in [0.717, 1.165) is 42.9 Å². The molecule has 132 valence electrons. The first-order valence-electron chi connectivity index (χ1n) is 8.95. The summed E-state index contributed by atoms with van der Waals surface area (Å²) in [6.45, 7) is 7.24. The zero-order valence-electron chi connectivity index (χ0n) is 15.6. The standard InChI is InChI=1S/C20H27N5/c1-15-16(2)25(13-17-9-6-5-7-10-17)20-18(15)19(22-14-23-20)21-11-8-12-24(3)4/h5-7,9-10,14H,8,11-13H2,1-4H3,(H,21,22,23)/p+1. The summed E-state index contributed by atoms with van der Waals surface area (Å²) in [5, 5.41) is 4.66. The number of aromatic nitrogens is 3. The fraction of sp³-hybridized carbons (Fsp3) is 0.400. The van der Waals surface area contributed by atoms with Crippen molar-refractivity contribution in [3.63, 3.8) is 0 Å². The van der Waals surface area contributed by atoms with Crippen molar-refractivity contribution in [3.8, 4) is 0 Å². The molecule has 2 aromatic heterocycles. The predicted molar refractivity (Wildman–Crippen MR) is 103 cm³/mol. The molecule has 3 aromatic rings. The second-order valence-corrected chi connectivity index (χ2v) is 6.94. The molecule has 0 unspecified atom stereocenters. The molecule has 5 nitrogen and oxygen atoms in total. The van der Waals surface area contributed by atoms with E-state index in [1.165, 1.54) is 21.7 Å². The van der Waals surface area contributed by atoms with E-state index in [2.05, 4.69) is 78.1 Å². The molecular formula is C20H28N5+. The molecule has 0 radical (unpaired) electrons. The van der Waals surface area contributed by atoms with Crippen LogP contribution in [-0.2, 0) is 6.54 Å². The third-order valence-corrected chi connectivity index (χ3v) is 4.74. The lowest BCUT2D eigenvalue weighted by Crippen LogP contribution is -3.05. The van der Waals surface area contributed by atoms with Crippen molar-refractivity contribution in [1.82, 2.24) is 14.5 Å². The van der Waals surface area contributed by atoms with Gasteiger partial charge in [0.05, 0.1) is 26.0 Å². The molecule has 0 amide bonds. The number of hydrogen-bond acceptors (Lipinski definition) is 3. The van der Waals surface area contributed by atoms with Crippen molar-refractivity contribution >= 4 is 16.9 Å². The topological polar surface area (TPSA) is 47.2 Å². The van der Waals surface area contributed by atoms with Crippen molar-refractivity contribution in [2.24, 2.45) is 0 Å². The SMILES string of the molecule is Cc1c(C)n(Cc2ccccc2)c2ncnc(NCCC[NH+](C)C)c12. The maximum atomic E-state index is 4.58. The average molecular weight is 338 g/mol. The molecule has 0 spiro atoms. The van der Waals surface area contributed by atoms with Crippen LogP contribution in [0.15, 0.2) is 36.7 Å². The molecule has 1 aromatic carbocycles. The van der Waals surface area contributed by atoms with Gasteiger partial charge in [-0.05, 0) is 25.0 Å². The van der Waals surface area contributed by atoms with Crippen molar-refractivity contribution in [2.75, 3.05) is 32.5 Å². The van der Waals surface area contributed by atoms with Gasteiger partial charge in [0.1, 0.15) is 17.8 Å². The molecule has 3 rings (SSSR count). The van der Waals surface area contributed by atoms with E-state index < -0.39 is 0 Å². The Labute approximate surface area is 149 Å². The minimum Gasteiger partial charge on any atom is -0.369 e. The number of rotatable bonds is 7. The Morgan fingerprint density at radius 2 is 1.84 bits per heavy atom. The molecule has 0 saturated heterocycles. The summed E-state index contributed by atoms with van der Waals surface area (Å²) >= 11 is 0. The normalized spacial score (nSPS) is 11.4. The molecule has 0 aliphatic carbocycles. The zero-order chi connectivity index (χ0) is 17.8.